The van der Waals surface area contributed by atoms with Crippen LogP contribution in [-0.2, 0) is 16.2 Å². The van der Waals surface area contributed by atoms with E-state index in [1.54, 1.807) is 0 Å². The van der Waals surface area contributed by atoms with Gasteiger partial charge >= 0.3 is 5.97 Å². The van der Waals surface area contributed by atoms with Crippen LogP contribution in [0.5, 0.6) is 0 Å². The van der Waals surface area contributed by atoms with Gasteiger partial charge in [0.15, 0.2) is 0 Å². The number of carboxylic acids is 1. The molecular weight excluding hydrogens is 242 g/mol. The largest absolute Gasteiger partial charge is 0.481 e. The molecule has 0 unspecified atom stereocenters. The topological polar surface area (TPSA) is 58.6 Å². The smallest absolute Gasteiger partial charge is 0.303 e. The van der Waals surface area contributed by atoms with Crippen molar-refractivity contribution in [3.8, 4) is 0 Å². The fourth-order valence-electron chi connectivity index (χ4n) is 2.64. The highest BCUT2D eigenvalue weighted by atomic mass is 16.6. The number of aliphatic carboxylic acids is 1. The van der Waals surface area contributed by atoms with Crippen molar-refractivity contribution in [2.75, 3.05) is 0 Å². The lowest BCUT2D eigenvalue weighted by Crippen LogP contribution is -2.39. The van der Waals surface area contributed by atoms with Crippen molar-refractivity contribution in [1.82, 2.24) is 5.48 Å². The third kappa shape index (κ3) is 4.65. The maximum atomic E-state index is 10.8. The normalized spacial score (nSPS) is 23.2. The summed E-state index contributed by atoms with van der Waals surface area (Å²) in [7, 11) is 0. The Bertz CT molecular complexity index is 394. The first-order chi connectivity index (χ1) is 9.25. The van der Waals surface area contributed by atoms with Crippen LogP contribution in [0.1, 0.15) is 37.7 Å². The van der Waals surface area contributed by atoms with Gasteiger partial charge in [0.25, 0.3) is 0 Å². The standard InChI is InChI=1S/C15H21NO3/c17-15(18)10-13-8-4-5-9-14(13)16-19-11-12-6-2-1-3-7-12/h1-3,6-7,13-14,16H,4-5,8-11H2,(H,17,18)/t13-,14-/m0/s1. The Morgan fingerprint density at radius 3 is 2.74 bits per heavy atom. The van der Waals surface area contributed by atoms with Crippen molar-refractivity contribution >= 4 is 5.97 Å². The Balaban J connectivity index is 1.78. The van der Waals surface area contributed by atoms with Gasteiger partial charge in [-0.15, -0.1) is 0 Å². The van der Waals surface area contributed by atoms with Gasteiger partial charge in [-0.3, -0.25) is 9.63 Å². The summed E-state index contributed by atoms with van der Waals surface area (Å²) in [6, 6.07) is 10.1. The minimum Gasteiger partial charge on any atom is -0.481 e. The van der Waals surface area contributed by atoms with Crippen LogP contribution in [0.3, 0.4) is 0 Å². The minimum atomic E-state index is -0.721. The Labute approximate surface area is 113 Å². The number of rotatable bonds is 6. The van der Waals surface area contributed by atoms with Crippen molar-refractivity contribution in [3.63, 3.8) is 0 Å². The zero-order valence-electron chi connectivity index (χ0n) is 11.0. The van der Waals surface area contributed by atoms with Gasteiger partial charge in [-0.2, -0.15) is 5.48 Å². The van der Waals surface area contributed by atoms with Crippen molar-refractivity contribution < 1.29 is 14.7 Å². The quantitative estimate of drug-likeness (QED) is 0.775. The predicted octanol–water partition coefficient (Wildman–Crippen LogP) is 2.74. The molecule has 0 amide bonds. The summed E-state index contributed by atoms with van der Waals surface area (Å²) in [6.45, 7) is 0.511. The lowest BCUT2D eigenvalue weighted by molar-refractivity contribution is -0.139. The van der Waals surface area contributed by atoms with E-state index in [9.17, 15) is 4.79 Å². The molecule has 0 heterocycles. The molecule has 1 saturated carbocycles. The van der Waals surface area contributed by atoms with E-state index >= 15 is 0 Å². The van der Waals surface area contributed by atoms with E-state index in [1.165, 1.54) is 0 Å². The van der Waals surface area contributed by atoms with Crippen LogP contribution in [0.4, 0.5) is 0 Å². The molecule has 1 fully saturated rings. The average Bonchev–Trinajstić information content (AvgIpc) is 2.41. The van der Waals surface area contributed by atoms with E-state index in [4.69, 9.17) is 9.94 Å². The summed E-state index contributed by atoms with van der Waals surface area (Å²) in [5.41, 5.74) is 4.17. The summed E-state index contributed by atoms with van der Waals surface area (Å²) in [5, 5.41) is 8.92. The highest BCUT2D eigenvalue weighted by molar-refractivity contribution is 5.67. The molecule has 0 radical (unpaired) electrons. The highest BCUT2D eigenvalue weighted by Crippen LogP contribution is 2.27. The molecule has 0 aromatic heterocycles. The fraction of sp³-hybridized carbons (Fsp3) is 0.533. The molecule has 1 aliphatic rings. The second-order valence-corrected chi connectivity index (χ2v) is 5.14. The second-order valence-electron chi connectivity index (χ2n) is 5.14. The van der Waals surface area contributed by atoms with Crippen LogP contribution in [-0.4, -0.2) is 17.1 Å². The van der Waals surface area contributed by atoms with Gasteiger partial charge in [0.2, 0.25) is 0 Å². The van der Waals surface area contributed by atoms with Gasteiger partial charge in [0.05, 0.1) is 6.61 Å². The molecular formula is C15H21NO3. The van der Waals surface area contributed by atoms with E-state index in [0.717, 1.165) is 31.2 Å². The Morgan fingerprint density at radius 2 is 2.00 bits per heavy atom. The van der Waals surface area contributed by atoms with E-state index in [-0.39, 0.29) is 18.4 Å². The van der Waals surface area contributed by atoms with Crippen LogP contribution in [0.2, 0.25) is 0 Å². The molecule has 2 atom stereocenters. The Hall–Kier alpha value is -1.39. The number of hydroxylamine groups is 1. The summed E-state index contributed by atoms with van der Waals surface area (Å²) in [5.74, 6) is -0.538. The van der Waals surface area contributed by atoms with Crippen LogP contribution in [0, 0.1) is 5.92 Å². The van der Waals surface area contributed by atoms with Gasteiger partial charge in [-0.05, 0) is 24.3 Å². The molecule has 0 bridgehead atoms. The van der Waals surface area contributed by atoms with Crippen LogP contribution >= 0.6 is 0 Å². The molecule has 0 aliphatic heterocycles. The Kier molecular flexibility index (Phi) is 5.36. The maximum absolute atomic E-state index is 10.8. The second kappa shape index (κ2) is 7.26. The first-order valence-corrected chi connectivity index (χ1v) is 6.89. The highest BCUT2D eigenvalue weighted by Gasteiger charge is 2.27. The third-order valence-corrected chi connectivity index (χ3v) is 3.66. The van der Waals surface area contributed by atoms with Crippen molar-refractivity contribution in [3.05, 3.63) is 35.9 Å². The van der Waals surface area contributed by atoms with E-state index in [0.29, 0.717) is 6.61 Å². The molecule has 104 valence electrons. The number of carboxylic acid groups (broad SMARTS) is 1. The van der Waals surface area contributed by atoms with Crippen LogP contribution < -0.4 is 5.48 Å². The molecule has 4 nitrogen and oxygen atoms in total. The molecule has 0 saturated heterocycles. The molecule has 0 spiro atoms. The number of benzene rings is 1. The zero-order chi connectivity index (χ0) is 13.5. The number of carbonyl (C=O) groups is 1. The SMILES string of the molecule is O=C(O)C[C@@H]1CCCC[C@@H]1NOCc1ccccc1. The Morgan fingerprint density at radius 1 is 1.26 bits per heavy atom. The minimum absolute atomic E-state index is 0.161. The van der Waals surface area contributed by atoms with Crippen molar-refractivity contribution in [1.29, 1.82) is 0 Å². The van der Waals surface area contributed by atoms with Crippen molar-refractivity contribution in [2.45, 2.75) is 44.8 Å². The summed E-state index contributed by atoms with van der Waals surface area (Å²) in [4.78, 5) is 16.4. The monoisotopic (exact) mass is 263 g/mol. The van der Waals surface area contributed by atoms with E-state index in [1.807, 2.05) is 30.3 Å². The third-order valence-electron chi connectivity index (χ3n) is 3.66. The molecule has 1 aromatic carbocycles. The summed E-state index contributed by atoms with van der Waals surface area (Å²) in [6.07, 6.45) is 4.45. The number of hydrogen-bond donors (Lipinski definition) is 2. The number of nitrogens with one attached hydrogen (secondary N) is 1. The van der Waals surface area contributed by atoms with Gasteiger partial charge in [0.1, 0.15) is 0 Å². The van der Waals surface area contributed by atoms with E-state index in [2.05, 4.69) is 5.48 Å². The molecule has 2 rings (SSSR count). The van der Waals surface area contributed by atoms with Gasteiger partial charge in [0, 0.05) is 12.5 Å². The van der Waals surface area contributed by atoms with Crippen molar-refractivity contribution in [2.24, 2.45) is 5.92 Å². The lowest BCUT2D eigenvalue weighted by atomic mass is 9.83. The van der Waals surface area contributed by atoms with Crippen LogP contribution in [0.15, 0.2) is 30.3 Å². The summed E-state index contributed by atoms with van der Waals surface area (Å²) >= 11 is 0. The average molecular weight is 263 g/mol. The molecule has 19 heavy (non-hydrogen) atoms. The maximum Gasteiger partial charge on any atom is 0.303 e. The molecule has 4 heteroatoms. The predicted molar refractivity (Wildman–Crippen MR) is 72.4 cm³/mol. The fourth-order valence-corrected chi connectivity index (χ4v) is 2.64. The van der Waals surface area contributed by atoms with Crippen LogP contribution in [0.25, 0.3) is 0 Å². The van der Waals surface area contributed by atoms with Gasteiger partial charge < -0.3 is 5.11 Å². The molecule has 1 aromatic rings. The van der Waals surface area contributed by atoms with E-state index < -0.39 is 5.97 Å². The molecule has 1 aliphatic carbocycles. The molecule has 2 N–H and O–H groups in total. The first-order valence-electron chi connectivity index (χ1n) is 6.89. The van der Waals surface area contributed by atoms with Gasteiger partial charge in [-0.25, -0.2) is 0 Å². The lowest BCUT2D eigenvalue weighted by Gasteiger charge is -2.30. The van der Waals surface area contributed by atoms with Gasteiger partial charge in [-0.1, -0.05) is 43.2 Å². The first kappa shape index (κ1) is 14.0. The zero-order valence-corrected chi connectivity index (χ0v) is 11.0. The number of hydrogen-bond acceptors (Lipinski definition) is 3. The summed E-state index contributed by atoms with van der Waals surface area (Å²) < 4.78 is 0.